The van der Waals surface area contributed by atoms with Gasteiger partial charge < -0.3 is 15.2 Å². The quantitative estimate of drug-likeness (QED) is 0.894. The van der Waals surface area contributed by atoms with E-state index in [1.165, 1.54) is 0 Å². The maximum atomic E-state index is 10.9. The van der Waals surface area contributed by atoms with E-state index in [4.69, 9.17) is 9.84 Å². The molecule has 18 heavy (non-hydrogen) atoms. The molecule has 5 heteroatoms. The first-order valence-electron chi connectivity index (χ1n) is 5.91. The molecule has 0 aliphatic carbocycles. The molecule has 0 spiro atoms. The van der Waals surface area contributed by atoms with E-state index in [9.17, 15) is 4.79 Å². The fraction of sp³-hybridized carbons (Fsp3) is 0.462. The number of methoxy groups -OCH3 is 1. The minimum absolute atomic E-state index is 0.203. The highest BCUT2D eigenvalue weighted by molar-refractivity contribution is 9.10. The first-order valence-corrected chi connectivity index (χ1v) is 6.70. The van der Waals surface area contributed by atoms with E-state index in [2.05, 4.69) is 21.2 Å². The molecule has 98 valence electrons. The number of ether oxygens (including phenoxy) is 1. The fourth-order valence-electron chi connectivity index (χ4n) is 2.35. The number of hydrogen-bond donors (Lipinski definition) is 2. The number of aliphatic carboxylic acids is 1. The molecule has 0 saturated carbocycles. The molecule has 1 aliphatic rings. The Morgan fingerprint density at radius 3 is 2.94 bits per heavy atom. The van der Waals surface area contributed by atoms with Crippen molar-refractivity contribution in [3.05, 3.63) is 28.2 Å². The third-order valence-electron chi connectivity index (χ3n) is 3.25. The van der Waals surface area contributed by atoms with Crippen LogP contribution in [0.1, 0.15) is 18.4 Å². The molecule has 2 rings (SSSR count). The Labute approximate surface area is 114 Å². The van der Waals surface area contributed by atoms with E-state index in [-0.39, 0.29) is 6.04 Å². The Kier molecular flexibility index (Phi) is 4.24. The van der Waals surface area contributed by atoms with Crippen LogP contribution in [0.3, 0.4) is 0 Å². The minimum Gasteiger partial charge on any atom is -0.496 e. The van der Waals surface area contributed by atoms with Gasteiger partial charge in [0.15, 0.2) is 0 Å². The highest BCUT2D eigenvalue weighted by atomic mass is 79.9. The van der Waals surface area contributed by atoms with Gasteiger partial charge in [0.25, 0.3) is 0 Å². The summed E-state index contributed by atoms with van der Waals surface area (Å²) in [5.41, 5.74) is 1.09. The number of hydrogen-bond acceptors (Lipinski definition) is 3. The molecule has 1 saturated heterocycles. The van der Waals surface area contributed by atoms with Crippen LogP contribution in [0.2, 0.25) is 0 Å². The van der Waals surface area contributed by atoms with E-state index < -0.39 is 12.0 Å². The van der Waals surface area contributed by atoms with Crippen LogP contribution in [0.4, 0.5) is 0 Å². The molecule has 0 amide bonds. The SMILES string of the molecule is COc1ccc(Br)cc1CC1CCC(C(=O)O)N1. The van der Waals surface area contributed by atoms with Gasteiger partial charge in [-0.15, -0.1) is 0 Å². The number of halogens is 1. The standard InChI is InChI=1S/C13H16BrNO3/c1-18-12-5-2-9(14)6-8(12)7-10-3-4-11(15-10)13(16)17/h2,5-6,10-11,15H,3-4,7H2,1H3,(H,16,17). The van der Waals surface area contributed by atoms with Crippen LogP contribution in [0.5, 0.6) is 5.75 Å². The summed E-state index contributed by atoms with van der Waals surface area (Å²) in [5, 5.41) is 12.1. The topological polar surface area (TPSA) is 58.6 Å². The number of nitrogens with one attached hydrogen (secondary N) is 1. The number of rotatable bonds is 4. The largest absolute Gasteiger partial charge is 0.496 e. The summed E-state index contributed by atoms with van der Waals surface area (Å²) in [4.78, 5) is 10.9. The van der Waals surface area contributed by atoms with Crippen LogP contribution < -0.4 is 10.1 Å². The molecular weight excluding hydrogens is 298 g/mol. The third kappa shape index (κ3) is 3.03. The maximum Gasteiger partial charge on any atom is 0.320 e. The summed E-state index contributed by atoms with van der Waals surface area (Å²) in [6, 6.07) is 5.67. The van der Waals surface area contributed by atoms with Gasteiger partial charge in [0.05, 0.1) is 7.11 Å². The summed E-state index contributed by atoms with van der Waals surface area (Å²) >= 11 is 3.44. The van der Waals surface area contributed by atoms with E-state index in [1.807, 2.05) is 18.2 Å². The highest BCUT2D eigenvalue weighted by Gasteiger charge is 2.29. The second-order valence-electron chi connectivity index (χ2n) is 4.49. The highest BCUT2D eigenvalue weighted by Crippen LogP contribution is 2.26. The van der Waals surface area contributed by atoms with Gasteiger partial charge in [-0.25, -0.2) is 0 Å². The zero-order chi connectivity index (χ0) is 13.1. The van der Waals surface area contributed by atoms with Crippen molar-refractivity contribution in [1.82, 2.24) is 5.32 Å². The van der Waals surface area contributed by atoms with Gasteiger partial charge in [-0.2, -0.15) is 0 Å². The average molecular weight is 314 g/mol. The van der Waals surface area contributed by atoms with E-state index in [1.54, 1.807) is 7.11 Å². The molecule has 1 aromatic rings. The van der Waals surface area contributed by atoms with Gasteiger partial charge in [0.1, 0.15) is 11.8 Å². The van der Waals surface area contributed by atoms with Crippen molar-refractivity contribution in [3.63, 3.8) is 0 Å². The Hall–Kier alpha value is -1.07. The minimum atomic E-state index is -0.765. The Bertz CT molecular complexity index is 450. The van der Waals surface area contributed by atoms with Crippen molar-refractivity contribution in [2.24, 2.45) is 0 Å². The molecular formula is C13H16BrNO3. The van der Waals surface area contributed by atoms with Gasteiger partial charge in [-0.05, 0) is 43.0 Å². The Balaban J connectivity index is 2.06. The fourth-order valence-corrected chi connectivity index (χ4v) is 2.76. The van der Waals surface area contributed by atoms with Crippen LogP contribution >= 0.6 is 15.9 Å². The van der Waals surface area contributed by atoms with E-state index in [0.29, 0.717) is 6.42 Å². The summed E-state index contributed by atoms with van der Waals surface area (Å²) in [7, 11) is 1.65. The Morgan fingerprint density at radius 1 is 1.56 bits per heavy atom. The monoisotopic (exact) mass is 313 g/mol. The zero-order valence-electron chi connectivity index (χ0n) is 10.1. The summed E-state index contributed by atoms with van der Waals surface area (Å²) in [5.74, 6) is 0.0810. The molecule has 1 heterocycles. The Morgan fingerprint density at radius 2 is 2.33 bits per heavy atom. The molecule has 1 aliphatic heterocycles. The van der Waals surface area contributed by atoms with Crippen molar-refractivity contribution in [2.75, 3.05) is 7.11 Å². The van der Waals surface area contributed by atoms with Crippen LogP contribution in [0, 0.1) is 0 Å². The molecule has 4 nitrogen and oxygen atoms in total. The molecule has 1 fully saturated rings. The zero-order valence-corrected chi connectivity index (χ0v) is 11.7. The van der Waals surface area contributed by atoms with Crippen LogP contribution in [-0.4, -0.2) is 30.3 Å². The van der Waals surface area contributed by atoms with Gasteiger partial charge >= 0.3 is 5.97 Å². The number of carboxylic acids is 1. The van der Waals surface area contributed by atoms with Crippen molar-refractivity contribution in [3.8, 4) is 5.75 Å². The number of benzene rings is 1. The normalized spacial score (nSPS) is 23.0. The van der Waals surface area contributed by atoms with Gasteiger partial charge in [0, 0.05) is 10.5 Å². The molecule has 1 aromatic carbocycles. The van der Waals surface area contributed by atoms with Crippen molar-refractivity contribution >= 4 is 21.9 Å². The predicted molar refractivity (Wildman–Crippen MR) is 72.0 cm³/mol. The van der Waals surface area contributed by atoms with E-state index in [0.717, 1.165) is 28.6 Å². The van der Waals surface area contributed by atoms with Gasteiger partial charge in [-0.1, -0.05) is 15.9 Å². The summed E-state index contributed by atoms with van der Waals surface area (Å²) in [6.45, 7) is 0. The van der Waals surface area contributed by atoms with Crippen molar-refractivity contribution in [1.29, 1.82) is 0 Å². The molecule has 2 N–H and O–H groups in total. The second-order valence-corrected chi connectivity index (χ2v) is 5.41. The molecule has 2 atom stereocenters. The second kappa shape index (κ2) is 5.71. The lowest BCUT2D eigenvalue weighted by Gasteiger charge is -2.14. The maximum absolute atomic E-state index is 10.9. The summed E-state index contributed by atoms with van der Waals surface area (Å²) < 4.78 is 6.33. The average Bonchev–Trinajstić information content (AvgIpc) is 2.78. The lowest BCUT2D eigenvalue weighted by Crippen LogP contribution is -2.36. The first-order chi connectivity index (χ1) is 8.60. The van der Waals surface area contributed by atoms with E-state index >= 15 is 0 Å². The molecule has 0 bridgehead atoms. The van der Waals surface area contributed by atoms with Gasteiger partial charge in [-0.3, -0.25) is 4.79 Å². The molecule has 0 aromatic heterocycles. The lowest BCUT2D eigenvalue weighted by atomic mass is 10.0. The van der Waals surface area contributed by atoms with Crippen LogP contribution in [0.25, 0.3) is 0 Å². The van der Waals surface area contributed by atoms with Crippen LogP contribution in [-0.2, 0) is 11.2 Å². The smallest absolute Gasteiger partial charge is 0.320 e. The number of carbonyl (C=O) groups is 1. The predicted octanol–water partition coefficient (Wildman–Crippen LogP) is 2.21. The molecule has 2 unspecified atom stereocenters. The van der Waals surface area contributed by atoms with Crippen LogP contribution in [0.15, 0.2) is 22.7 Å². The summed E-state index contributed by atoms with van der Waals surface area (Å²) in [6.07, 6.45) is 2.36. The van der Waals surface area contributed by atoms with Crippen molar-refractivity contribution < 1.29 is 14.6 Å². The number of carboxylic acid groups (broad SMARTS) is 1. The van der Waals surface area contributed by atoms with Crippen molar-refractivity contribution in [2.45, 2.75) is 31.3 Å². The third-order valence-corrected chi connectivity index (χ3v) is 3.74. The first kappa shape index (κ1) is 13.4. The van der Waals surface area contributed by atoms with Gasteiger partial charge in [0.2, 0.25) is 0 Å². The molecule has 0 radical (unpaired) electrons. The lowest BCUT2D eigenvalue weighted by molar-refractivity contribution is -0.139.